The molecule has 1 aliphatic rings. The maximum absolute atomic E-state index is 9.74. The fourth-order valence-corrected chi connectivity index (χ4v) is 4.74. The third kappa shape index (κ3) is 3.54. The highest BCUT2D eigenvalue weighted by molar-refractivity contribution is 6.30. The lowest BCUT2D eigenvalue weighted by molar-refractivity contribution is 0.245. The molecular formula is C25H24ClN5O. The second-order valence-electron chi connectivity index (χ2n) is 8.15. The molecule has 32 heavy (non-hydrogen) atoms. The zero-order chi connectivity index (χ0) is 22.2. The van der Waals surface area contributed by atoms with Crippen molar-refractivity contribution in [3.05, 3.63) is 70.2 Å². The van der Waals surface area contributed by atoms with Gasteiger partial charge < -0.3 is 9.64 Å². The summed E-state index contributed by atoms with van der Waals surface area (Å²) in [6.45, 7) is 6.40. The molecule has 3 heterocycles. The number of piperazine rings is 1. The van der Waals surface area contributed by atoms with Crippen LogP contribution in [0.5, 0.6) is 5.75 Å². The quantitative estimate of drug-likeness (QED) is 0.457. The number of hydrogen-bond donors (Lipinski definition) is 0. The van der Waals surface area contributed by atoms with Gasteiger partial charge in [-0.2, -0.15) is 5.26 Å². The van der Waals surface area contributed by atoms with Gasteiger partial charge in [0.2, 0.25) is 0 Å². The summed E-state index contributed by atoms with van der Waals surface area (Å²) >= 11 is 6.21. The van der Waals surface area contributed by atoms with Gasteiger partial charge in [-0.1, -0.05) is 23.7 Å². The predicted octanol–water partition coefficient (Wildman–Crippen LogP) is 4.65. The molecule has 0 unspecified atom stereocenters. The second-order valence-corrected chi connectivity index (χ2v) is 8.59. The van der Waals surface area contributed by atoms with Gasteiger partial charge in [-0.3, -0.25) is 9.30 Å². The highest BCUT2D eigenvalue weighted by Gasteiger charge is 2.23. The molecule has 1 aliphatic heterocycles. The number of fused-ring (bicyclic) bond motifs is 3. The number of hydrogen-bond acceptors (Lipinski definition) is 5. The van der Waals surface area contributed by atoms with Gasteiger partial charge in [-0.25, -0.2) is 4.98 Å². The monoisotopic (exact) mass is 445 g/mol. The van der Waals surface area contributed by atoms with E-state index >= 15 is 0 Å². The number of methoxy groups -OCH3 is 1. The molecule has 5 rings (SSSR count). The van der Waals surface area contributed by atoms with Gasteiger partial charge in [0.1, 0.15) is 17.6 Å². The van der Waals surface area contributed by atoms with Crippen LogP contribution < -0.4 is 9.64 Å². The Morgan fingerprint density at radius 1 is 1.09 bits per heavy atom. The Bertz CT molecular complexity index is 1350. The van der Waals surface area contributed by atoms with E-state index in [1.165, 1.54) is 0 Å². The summed E-state index contributed by atoms with van der Waals surface area (Å²) in [5.74, 6) is 1.95. The highest BCUT2D eigenvalue weighted by Crippen LogP contribution is 2.30. The molecule has 0 radical (unpaired) electrons. The number of imidazole rings is 1. The molecule has 0 aliphatic carbocycles. The van der Waals surface area contributed by atoms with Crippen LogP contribution in [-0.2, 0) is 6.54 Å². The first-order chi connectivity index (χ1) is 15.6. The van der Waals surface area contributed by atoms with Crippen molar-refractivity contribution < 1.29 is 4.74 Å². The van der Waals surface area contributed by atoms with E-state index in [0.29, 0.717) is 5.56 Å². The van der Waals surface area contributed by atoms with E-state index < -0.39 is 0 Å². The molecule has 162 valence electrons. The summed E-state index contributed by atoms with van der Waals surface area (Å²) in [7, 11) is 1.69. The molecule has 2 aromatic carbocycles. The number of rotatable bonds is 4. The smallest absolute Gasteiger partial charge is 0.157 e. The minimum atomic E-state index is 0.636. The third-order valence-corrected chi connectivity index (χ3v) is 6.43. The van der Waals surface area contributed by atoms with E-state index in [9.17, 15) is 5.26 Å². The summed E-state index contributed by atoms with van der Waals surface area (Å²) < 4.78 is 7.65. The maximum Gasteiger partial charge on any atom is 0.157 e. The molecule has 1 fully saturated rings. The van der Waals surface area contributed by atoms with E-state index in [0.717, 1.165) is 77.1 Å². The lowest BCUT2D eigenvalue weighted by Crippen LogP contribution is -2.46. The highest BCUT2D eigenvalue weighted by atomic mass is 35.5. The standard InChI is InChI=1S/C25H24ClN5O/c1-17-13-24(31-22-6-4-3-5-21(22)28-25(31)20(17)15-27)30-11-9-29(10-12-30)16-18-14-19(26)7-8-23(18)32-2/h3-8,13-14H,9-12,16H2,1-2H3. The number of pyridine rings is 1. The second kappa shape index (κ2) is 8.34. The fourth-order valence-electron chi connectivity index (χ4n) is 4.55. The Labute approximate surface area is 192 Å². The summed E-state index contributed by atoms with van der Waals surface area (Å²) in [5, 5.41) is 10.5. The molecule has 0 atom stereocenters. The largest absolute Gasteiger partial charge is 0.496 e. The van der Waals surface area contributed by atoms with Gasteiger partial charge in [0.15, 0.2) is 5.65 Å². The van der Waals surface area contributed by atoms with Crippen molar-refractivity contribution in [2.45, 2.75) is 13.5 Å². The summed E-state index contributed by atoms with van der Waals surface area (Å²) in [4.78, 5) is 9.59. The molecule has 0 amide bonds. The van der Waals surface area contributed by atoms with E-state index in [1.807, 2.05) is 43.3 Å². The lowest BCUT2D eigenvalue weighted by Gasteiger charge is -2.36. The molecule has 6 nitrogen and oxygen atoms in total. The Balaban J connectivity index is 1.45. The van der Waals surface area contributed by atoms with E-state index in [4.69, 9.17) is 21.3 Å². The van der Waals surface area contributed by atoms with Gasteiger partial charge >= 0.3 is 0 Å². The van der Waals surface area contributed by atoms with Crippen LogP contribution in [0.2, 0.25) is 5.02 Å². The molecule has 0 saturated carbocycles. The van der Waals surface area contributed by atoms with Gasteiger partial charge in [0, 0.05) is 43.3 Å². The van der Waals surface area contributed by atoms with Gasteiger partial charge in [-0.15, -0.1) is 0 Å². The molecule has 4 aromatic rings. The zero-order valence-corrected chi connectivity index (χ0v) is 18.9. The van der Waals surface area contributed by atoms with Crippen LogP contribution in [0.3, 0.4) is 0 Å². The van der Waals surface area contributed by atoms with Crippen LogP contribution in [0.25, 0.3) is 16.7 Å². The molecule has 2 aromatic heterocycles. The van der Waals surface area contributed by atoms with Crippen molar-refractivity contribution in [2.75, 3.05) is 38.2 Å². The van der Waals surface area contributed by atoms with Crippen molar-refractivity contribution in [1.82, 2.24) is 14.3 Å². The number of nitriles is 1. The molecular weight excluding hydrogens is 422 g/mol. The topological polar surface area (TPSA) is 56.8 Å². The first kappa shape index (κ1) is 20.6. The number of aromatic nitrogens is 2. The average molecular weight is 446 g/mol. The lowest BCUT2D eigenvalue weighted by atomic mass is 10.1. The number of anilines is 1. The van der Waals surface area contributed by atoms with Crippen molar-refractivity contribution in [3.8, 4) is 11.8 Å². The number of nitrogens with zero attached hydrogens (tertiary/aromatic N) is 5. The number of aryl methyl sites for hydroxylation is 1. The van der Waals surface area contributed by atoms with Crippen molar-refractivity contribution >= 4 is 34.1 Å². The van der Waals surface area contributed by atoms with Crippen LogP contribution in [0.15, 0.2) is 48.5 Å². The Morgan fingerprint density at radius 2 is 1.88 bits per heavy atom. The Hall–Kier alpha value is -3.27. The van der Waals surface area contributed by atoms with E-state index in [-0.39, 0.29) is 0 Å². The first-order valence-corrected chi connectivity index (χ1v) is 11.1. The molecule has 0 bridgehead atoms. The number of ether oxygens (including phenoxy) is 1. The minimum absolute atomic E-state index is 0.636. The third-order valence-electron chi connectivity index (χ3n) is 6.20. The summed E-state index contributed by atoms with van der Waals surface area (Å²) in [6, 6.07) is 18.3. The summed E-state index contributed by atoms with van der Waals surface area (Å²) in [6.07, 6.45) is 0. The fraction of sp³-hybridized carbons (Fsp3) is 0.280. The SMILES string of the molecule is COc1ccc(Cl)cc1CN1CCN(c2cc(C)c(C#N)c3nc4ccccc4n23)CC1. The van der Waals surface area contributed by atoms with Crippen molar-refractivity contribution in [3.63, 3.8) is 0 Å². The van der Waals surface area contributed by atoms with Crippen LogP contribution in [0.4, 0.5) is 5.82 Å². The molecule has 0 spiro atoms. The van der Waals surface area contributed by atoms with E-state index in [2.05, 4.69) is 32.4 Å². The van der Waals surface area contributed by atoms with Gasteiger partial charge in [0.25, 0.3) is 0 Å². The number of benzene rings is 2. The van der Waals surface area contributed by atoms with Crippen molar-refractivity contribution in [1.29, 1.82) is 5.26 Å². The van der Waals surface area contributed by atoms with Gasteiger partial charge in [0.05, 0.1) is 23.7 Å². The van der Waals surface area contributed by atoms with E-state index in [1.54, 1.807) is 7.11 Å². The van der Waals surface area contributed by atoms with Crippen LogP contribution in [-0.4, -0.2) is 47.6 Å². The average Bonchev–Trinajstić information content (AvgIpc) is 3.19. The maximum atomic E-state index is 9.74. The molecule has 7 heteroatoms. The Morgan fingerprint density at radius 3 is 2.62 bits per heavy atom. The molecule has 1 saturated heterocycles. The number of halogens is 1. The molecule has 0 N–H and O–H groups in total. The Kier molecular flexibility index (Phi) is 5.38. The normalized spacial score (nSPS) is 14.8. The minimum Gasteiger partial charge on any atom is -0.496 e. The van der Waals surface area contributed by atoms with Crippen LogP contribution >= 0.6 is 11.6 Å². The van der Waals surface area contributed by atoms with Crippen LogP contribution in [0.1, 0.15) is 16.7 Å². The van der Waals surface area contributed by atoms with Gasteiger partial charge in [-0.05, 0) is 48.9 Å². The summed E-state index contributed by atoms with van der Waals surface area (Å²) in [5.41, 5.74) is 5.36. The zero-order valence-electron chi connectivity index (χ0n) is 18.2. The first-order valence-electron chi connectivity index (χ1n) is 10.7. The van der Waals surface area contributed by atoms with Crippen molar-refractivity contribution in [2.24, 2.45) is 0 Å². The predicted molar refractivity (Wildman–Crippen MR) is 128 cm³/mol. The van der Waals surface area contributed by atoms with Crippen LogP contribution in [0, 0.1) is 18.3 Å². The number of para-hydroxylation sites is 2.